The van der Waals surface area contributed by atoms with Crippen molar-refractivity contribution in [1.82, 2.24) is 20.6 Å². The number of methoxy groups -OCH3 is 1. The van der Waals surface area contributed by atoms with Gasteiger partial charge in [0.05, 0.1) is 7.11 Å². The Hall–Kier alpha value is -3.74. The Morgan fingerprint density at radius 1 is 1.04 bits per heavy atom. The third-order valence-corrected chi connectivity index (χ3v) is 4.03. The number of aromatic amines is 1. The number of carbonyl (C=O) groups excluding carboxylic acids is 1. The second-order valence-electron chi connectivity index (χ2n) is 5.70. The molecule has 4 rings (SSSR count). The molecule has 0 aliphatic heterocycles. The minimum atomic E-state index is -0.187. The van der Waals surface area contributed by atoms with Gasteiger partial charge in [-0.25, -0.2) is 0 Å². The van der Waals surface area contributed by atoms with E-state index in [9.17, 15) is 4.79 Å². The van der Waals surface area contributed by atoms with Gasteiger partial charge in [-0.1, -0.05) is 24.3 Å². The molecule has 0 aliphatic rings. The number of nitrogens with one attached hydrogen (secondary N) is 2. The number of H-pyrrole nitrogens is 1. The third-order valence-electron chi connectivity index (χ3n) is 4.03. The summed E-state index contributed by atoms with van der Waals surface area (Å²) in [5, 5.41) is 18.7. The summed E-state index contributed by atoms with van der Waals surface area (Å²) in [6.45, 7) is 0. The summed E-state index contributed by atoms with van der Waals surface area (Å²) in [5.41, 5.74) is 2.00. The zero-order valence-corrected chi connectivity index (χ0v) is 13.9. The largest absolute Gasteiger partial charge is 0.497 e. The van der Waals surface area contributed by atoms with Crippen LogP contribution in [0.15, 0.2) is 60.7 Å². The summed E-state index contributed by atoms with van der Waals surface area (Å²) >= 11 is 0. The predicted octanol–water partition coefficient (Wildman–Crippen LogP) is 3.28. The number of benzene rings is 3. The van der Waals surface area contributed by atoms with Crippen LogP contribution in [-0.4, -0.2) is 33.6 Å². The maximum Gasteiger partial charge on any atom is 0.255 e. The van der Waals surface area contributed by atoms with Gasteiger partial charge < -0.3 is 10.1 Å². The zero-order chi connectivity index (χ0) is 17.9. The standard InChI is InChI=1S/C19H15N5O2/c1-26-17-8-7-12-9-15(6-5-13(12)11-17)19(25)20-16-4-2-3-14(10-16)18-21-23-24-22-18/h2-11H,1H3,(H,20,25)(H,21,22,23,24). The van der Waals surface area contributed by atoms with Gasteiger partial charge in [-0.05, 0) is 52.4 Å². The van der Waals surface area contributed by atoms with Gasteiger partial charge in [-0.3, -0.25) is 4.79 Å². The molecular weight excluding hydrogens is 330 g/mol. The van der Waals surface area contributed by atoms with Gasteiger partial charge in [-0.15, -0.1) is 10.2 Å². The lowest BCUT2D eigenvalue weighted by Crippen LogP contribution is -2.11. The van der Waals surface area contributed by atoms with E-state index in [0.29, 0.717) is 17.1 Å². The summed E-state index contributed by atoms with van der Waals surface area (Å²) in [4.78, 5) is 12.6. The normalized spacial score (nSPS) is 10.7. The Labute approximate surface area is 149 Å². The van der Waals surface area contributed by atoms with E-state index in [1.54, 1.807) is 19.2 Å². The van der Waals surface area contributed by atoms with E-state index in [-0.39, 0.29) is 5.91 Å². The molecule has 1 heterocycles. The Kier molecular flexibility index (Phi) is 4.03. The van der Waals surface area contributed by atoms with Crippen LogP contribution in [0.2, 0.25) is 0 Å². The molecule has 3 aromatic carbocycles. The van der Waals surface area contributed by atoms with E-state index < -0.39 is 0 Å². The first-order valence-corrected chi connectivity index (χ1v) is 7.96. The van der Waals surface area contributed by atoms with Crippen molar-refractivity contribution in [2.45, 2.75) is 0 Å². The predicted molar refractivity (Wildman–Crippen MR) is 98.1 cm³/mol. The number of ether oxygens (including phenoxy) is 1. The number of fused-ring (bicyclic) bond motifs is 1. The van der Waals surface area contributed by atoms with Gasteiger partial charge in [0.15, 0.2) is 0 Å². The van der Waals surface area contributed by atoms with Crippen LogP contribution in [0.1, 0.15) is 10.4 Å². The Balaban J connectivity index is 1.58. The molecule has 0 fully saturated rings. The van der Waals surface area contributed by atoms with Crippen LogP contribution in [0.3, 0.4) is 0 Å². The quantitative estimate of drug-likeness (QED) is 0.592. The monoisotopic (exact) mass is 345 g/mol. The molecule has 7 nitrogen and oxygen atoms in total. The summed E-state index contributed by atoms with van der Waals surface area (Å²) in [5.74, 6) is 1.07. The van der Waals surface area contributed by atoms with Crippen LogP contribution in [0.25, 0.3) is 22.2 Å². The van der Waals surface area contributed by atoms with E-state index in [1.807, 2.05) is 48.5 Å². The van der Waals surface area contributed by atoms with Crippen LogP contribution in [0, 0.1) is 0 Å². The number of rotatable bonds is 4. The van der Waals surface area contributed by atoms with Crippen molar-refractivity contribution in [2.24, 2.45) is 0 Å². The maximum absolute atomic E-state index is 12.6. The fourth-order valence-electron chi connectivity index (χ4n) is 2.72. The smallest absolute Gasteiger partial charge is 0.255 e. The van der Waals surface area contributed by atoms with Gasteiger partial charge in [0.25, 0.3) is 5.91 Å². The van der Waals surface area contributed by atoms with Crippen molar-refractivity contribution in [3.05, 3.63) is 66.2 Å². The summed E-state index contributed by atoms with van der Waals surface area (Å²) in [7, 11) is 1.63. The van der Waals surface area contributed by atoms with Crippen LogP contribution in [-0.2, 0) is 0 Å². The van der Waals surface area contributed by atoms with Gasteiger partial charge in [0.1, 0.15) is 5.75 Å². The first kappa shape index (κ1) is 15.8. The highest BCUT2D eigenvalue weighted by Crippen LogP contribution is 2.23. The molecule has 0 saturated carbocycles. The lowest BCUT2D eigenvalue weighted by molar-refractivity contribution is 0.102. The van der Waals surface area contributed by atoms with E-state index in [2.05, 4.69) is 25.9 Å². The third kappa shape index (κ3) is 3.10. The highest BCUT2D eigenvalue weighted by Gasteiger charge is 2.09. The average Bonchev–Trinajstić information content (AvgIpc) is 3.22. The fourth-order valence-corrected chi connectivity index (χ4v) is 2.72. The second kappa shape index (κ2) is 6.64. The molecular formula is C19H15N5O2. The number of hydrogen-bond acceptors (Lipinski definition) is 5. The molecule has 128 valence electrons. The number of amides is 1. The molecule has 0 saturated heterocycles. The molecule has 0 spiro atoms. The van der Waals surface area contributed by atoms with Crippen LogP contribution in [0.4, 0.5) is 5.69 Å². The van der Waals surface area contributed by atoms with Crippen molar-refractivity contribution < 1.29 is 9.53 Å². The molecule has 0 bridgehead atoms. The van der Waals surface area contributed by atoms with Crippen LogP contribution >= 0.6 is 0 Å². The molecule has 26 heavy (non-hydrogen) atoms. The molecule has 0 atom stereocenters. The minimum Gasteiger partial charge on any atom is -0.497 e. The molecule has 0 aliphatic carbocycles. The Bertz CT molecular complexity index is 1080. The van der Waals surface area contributed by atoms with Gasteiger partial charge in [-0.2, -0.15) is 5.21 Å². The van der Waals surface area contributed by atoms with Crippen molar-refractivity contribution in [3.8, 4) is 17.1 Å². The number of hydrogen-bond donors (Lipinski definition) is 2. The number of tetrazole rings is 1. The molecule has 1 amide bonds. The average molecular weight is 345 g/mol. The molecule has 1 aromatic heterocycles. The molecule has 0 unspecified atom stereocenters. The summed E-state index contributed by atoms with van der Waals surface area (Å²) < 4.78 is 5.22. The van der Waals surface area contributed by atoms with Crippen molar-refractivity contribution in [2.75, 3.05) is 12.4 Å². The fraction of sp³-hybridized carbons (Fsp3) is 0.0526. The number of aromatic nitrogens is 4. The van der Waals surface area contributed by atoms with Crippen molar-refractivity contribution in [3.63, 3.8) is 0 Å². The lowest BCUT2D eigenvalue weighted by atomic mass is 10.1. The van der Waals surface area contributed by atoms with E-state index in [0.717, 1.165) is 22.1 Å². The van der Waals surface area contributed by atoms with Gasteiger partial charge >= 0.3 is 0 Å². The number of nitrogens with zero attached hydrogens (tertiary/aromatic N) is 3. The minimum absolute atomic E-state index is 0.187. The van der Waals surface area contributed by atoms with Crippen molar-refractivity contribution >= 4 is 22.4 Å². The first-order valence-electron chi connectivity index (χ1n) is 7.96. The first-order chi connectivity index (χ1) is 12.7. The molecule has 7 heteroatoms. The molecule has 4 aromatic rings. The maximum atomic E-state index is 12.6. The van der Waals surface area contributed by atoms with Crippen molar-refractivity contribution in [1.29, 1.82) is 0 Å². The summed E-state index contributed by atoms with van der Waals surface area (Å²) in [6.07, 6.45) is 0. The number of anilines is 1. The highest BCUT2D eigenvalue weighted by molar-refractivity contribution is 6.06. The molecule has 2 N–H and O–H groups in total. The topological polar surface area (TPSA) is 92.8 Å². The van der Waals surface area contributed by atoms with E-state index >= 15 is 0 Å². The van der Waals surface area contributed by atoms with Gasteiger partial charge in [0, 0.05) is 16.8 Å². The Morgan fingerprint density at radius 2 is 1.88 bits per heavy atom. The van der Waals surface area contributed by atoms with Crippen LogP contribution < -0.4 is 10.1 Å². The lowest BCUT2D eigenvalue weighted by Gasteiger charge is -2.08. The SMILES string of the molecule is COc1ccc2cc(C(=O)Nc3cccc(-c4nn[nH]n4)c3)ccc2c1. The second-order valence-corrected chi connectivity index (χ2v) is 5.70. The van der Waals surface area contributed by atoms with Gasteiger partial charge in [0.2, 0.25) is 5.82 Å². The van der Waals surface area contributed by atoms with E-state index in [1.165, 1.54) is 0 Å². The van der Waals surface area contributed by atoms with Crippen LogP contribution in [0.5, 0.6) is 5.75 Å². The molecule has 0 radical (unpaired) electrons. The Morgan fingerprint density at radius 3 is 2.69 bits per heavy atom. The zero-order valence-electron chi connectivity index (χ0n) is 13.9. The number of carbonyl (C=O) groups is 1. The highest BCUT2D eigenvalue weighted by atomic mass is 16.5. The van der Waals surface area contributed by atoms with E-state index in [4.69, 9.17) is 4.74 Å². The summed E-state index contributed by atoms with van der Waals surface area (Å²) in [6, 6.07) is 18.6.